The smallest absolute Gasteiger partial charge is 0.303 e. The highest BCUT2D eigenvalue weighted by Gasteiger charge is 2.23. The zero-order chi connectivity index (χ0) is 12.4. The van der Waals surface area contributed by atoms with E-state index in [2.05, 4.69) is 13.0 Å². The van der Waals surface area contributed by atoms with Crippen LogP contribution in [0.15, 0.2) is 23.1 Å². The van der Waals surface area contributed by atoms with Crippen molar-refractivity contribution < 1.29 is 9.90 Å². The van der Waals surface area contributed by atoms with E-state index in [0.717, 1.165) is 12.0 Å². The summed E-state index contributed by atoms with van der Waals surface area (Å²) < 4.78 is 0. The van der Waals surface area contributed by atoms with E-state index in [4.69, 9.17) is 10.8 Å². The lowest BCUT2D eigenvalue weighted by Crippen LogP contribution is -2.13. The van der Waals surface area contributed by atoms with Gasteiger partial charge in [0.25, 0.3) is 0 Å². The van der Waals surface area contributed by atoms with Gasteiger partial charge in [-0.15, -0.1) is 11.8 Å². The molecule has 1 aromatic carbocycles. The molecule has 2 atom stereocenters. The highest BCUT2D eigenvalue weighted by molar-refractivity contribution is 8.00. The average Bonchev–Trinajstić information content (AvgIpc) is 2.65. The van der Waals surface area contributed by atoms with Gasteiger partial charge in [-0.05, 0) is 24.0 Å². The van der Waals surface area contributed by atoms with E-state index in [1.165, 1.54) is 10.5 Å². The van der Waals surface area contributed by atoms with Gasteiger partial charge >= 0.3 is 5.97 Å². The Hall–Kier alpha value is -1.00. The zero-order valence-electron chi connectivity index (χ0n) is 9.85. The van der Waals surface area contributed by atoms with Gasteiger partial charge in [-0.3, -0.25) is 4.79 Å². The van der Waals surface area contributed by atoms with Crippen LogP contribution in [0.3, 0.4) is 0 Å². The van der Waals surface area contributed by atoms with E-state index >= 15 is 0 Å². The Bertz CT molecular complexity index is 433. The molecule has 0 aliphatic carbocycles. The first-order valence-electron chi connectivity index (χ1n) is 5.83. The van der Waals surface area contributed by atoms with Crippen molar-refractivity contribution in [3.63, 3.8) is 0 Å². The minimum absolute atomic E-state index is 0.130. The first-order chi connectivity index (χ1) is 8.08. The van der Waals surface area contributed by atoms with Gasteiger partial charge in [0.05, 0.1) is 0 Å². The maximum atomic E-state index is 10.6. The van der Waals surface area contributed by atoms with Crippen molar-refractivity contribution in [2.24, 2.45) is 5.73 Å². The lowest BCUT2D eigenvalue weighted by molar-refractivity contribution is -0.137. The van der Waals surface area contributed by atoms with E-state index in [1.54, 1.807) is 0 Å². The van der Waals surface area contributed by atoms with Crippen molar-refractivity contribution in [2.45, 2.75) is 42.4 Å². The summed E-state index contributed by atoms with van der Waals surface area (Å²) in [5, 5.41) is 9.28. The number of carboxylic acid groups (broad SMARTS) is 1. The molecule has 4 heteroatoms. The van der Waals surface area contributed by atoms with Crippen LogP contribution in [-0.2, 0) is 11.2 Å². The molecule has 0 saturated carbocycles. The van der Waals surface area contributed by atoms with Crippen LogP contribution in [0.25, 0.3) is 0 Å². The number of hydrogen-bond donors (Lipinski definition) is 2. The summed E-state index contributed by atoms with van der Waals surface area (Å²) in [5.74, 6) is -0.783. The van der Waals surface area contributed by atoms with Crippen molar-refractivity contribution in [3.8, 4) is 0 Å². The number of carbonyl (C=O) groups is 1. The number of hydrogen-bond acceptors (Lipinski definition) is 3. The standard InChI is InChI=1S/C13H17NO2S/c1-8-7-9-3-2-4-10(13(9)17-8)11(14)5-6-12(15)16/h2-4,8,11H,5-7,14H2,1H3,(H,15,16). The molecule has 1 heterocycles. The molecule has 2 unspecified atom stereocenters. The Morgan fingerprint density at radius 2 is 2.41 bits per heavy atom. The summed E-state index contributed by atoms with van der Waals surface area (Å²) in [4.78, 5) is 11.8. The molecule has 1 aliphatic rings. The molecule has 3 nitrogen and oxygen atoms in total. The number of thioether (sulfide) groups is 1. The molecule has 0 saturated heterocycles. The van der Waals surface area contributed by atoms with Crippen LogP contribution in [-0.4, -0.2) is 16.3 Å². The molecule has 0 fully saturated rings. The Balaban J connectivity index is 2.16. The van der Waals surface area contributed by atoms with Crippen LogP contribution < -0.4 is 5.73 Å². The minimum atomic E-state index is -0.783. The van der Waals surface area contributed by atoms with Gasteiger partial charge in [0.1, 0.15) is 0 Å². The predicted molar refractivity (Wildman–Crippen MR) is 69.3 cm³/mol. The quantitative estimate of drug-likeness (QED) is 0.863. The number of nitrogens with two attached hydrogens (primary N) is 1. The first-order valence-corrected chi connectivity index (χ1v) is 6.71. The van der Waals surface area contributed by atoms with E-state index in [9.17, 15) is 4.79 Å². The van der Waals surface area contributed by atoms with Crippen molar-refractivity contribution in [1.82, 2.24) is 0 Å². The molecule has 1 aromatic rings. The van der Waals surface area contributed by atoms with Crippen molar-refractivity contribution in [3.05, 3.63) is 29.3 Å². The topological polar surface area (TPSA) is 63.3 Å². The highest BCUT2D eigenvalue weighted by Crippen LogP contribution is 2.41. The second-order valence-corrected chi connectivity index (χ2v) is 5.96. The number of aliphatic carboxylic acids is 1. The van der Waals surface area contributed by atoms with E-state index in [-0.39, 0.29) is 12.5 Å². The third-order valence-corrected chi connectivity index (χ3v) is 4.32. The predicted octanol–water partition coefficient (Wildman–Crippen LogP) is 2.59. The minimum Gasteiger partial charge on any atom is -0.481 e. The summed E-state index contributed by atoms with van der Waals surface area (Å²) >= 11 is 1.85. The Morgan fingerprint density at radius 3 is 3.12 bits per heavy atom. The maximum Gasteiger partial charge on any atom is 0.303 e. The molecular weight excluding hydrogens is 234 g/mol. The Labute approximate surface area is 105 Å². The fraction of sp³-hybridized carbons (Fsp3) is 0.462. The Kier molecular flexibility index (Phi) is 3.74. The Morgan fingerprint density at radius 1 is 1.65 bits per heavy atom. The molecule has 17 heavy (non-hydrogen) atoms. The van der Waals surface area contributed by atoms with Crippen molar-refractivity contribution >= 4 is 17.7 Å². The average molecular weight is 251 g/mol. The molecule has 92 valence electrons. The molecule has 0 bridgehead atoms. The second-order valence-electron chi connectivity index (χ2n) is 4.51. The summed E-state index contributed by atoms with van der Waals surface area (Å²) in [7, 11) is 0. The normalized spacial score (nSPS) is 20.0. The fourth-order valence-electron chi connectivity index (χ4n) is 2.19. The fourth-order valence-corrected chi connectivity index (χ4v) is 3.51. The van der Waals surface area contributed by atoms with E-state index < -0.39 is 5.97 Å². The number of fused-ring (bicyclic) bond motifs is 1. The molecule has 3 N–H and O–H groups in total. The maximum absolute atomic E-state index is 10.6. The summed E-state index contributed by atoms with van der Waals surface area (Å²) in [6.07, 6.45) is 1.71. The second kappa shape index (κ2) is 5.10. The lowest BCUT2D eigenvalue weighted by atomic mass is 9.99. The zero-order valence-corrected chi connectivity index (χ0v) is 10.7. The SMILES string of the molecule is CC1Cc2cccc(C(N)CCC(=O)O)c2S1. The molecular formula is C13H17NO2S. The van der Waals surface area contributed by atoms with Gasteiger partial charge < -0.3 is 10.8 Å². The summed E-state index contributed by atoms with van der Waals surface area (Å²) in [5.41, 5.74) is 8.55. The van der Waals surface area contributed by atoms with Crippen LogP contribution in [0.5, 0.6) is 0 Å². The van der Waals surface area contributed by atoms with Gasteiger partial charge in [0.2, 0.25) is 0 Å². The third kappa shape index (κ3) is 2.82. The monoisotopic (exact) mass is 251 g/mol. The lowest BCUT2D eigenvalue weighted by Gasteiger charge is -2.14. The van der Waals surface area contributed by atoms with Gasteiger partial charge in [-0.2, -0.15) is 0 Å². The summed E-state index contributed by atoms with van der Waals surface area (Å²) in [6.45, 7) is 2.21. The molecule has 2 rings (SSSR count). The third-order valence-electron chi connectivity index (χ3n) is 3.02. The molecule has 0 amide bonds. The van der Waals surface area contributed by atoms with Crippen LogP contribution in [0.4, 0.5) is 0 Å². The van der Waals surface area contributed by atoms with E-state index in [0.29, 0.717) is 11.7 Å². The molecule has 1 aliphatic heterocycles. The first kappa shape index (κ1) is 12.5. The highest BCUT2D eigenvalue weighted by atomic mass is 32.2. The van der Waals surface area contributed by atoms with Crippen LogP contribution in [0.1, 0.15) is 36.9 Å². The van der Waals surface area contributed by atoms with Gasteiger partial charge in [-0.25, -0.2) is 0 Å². The number of benzene rings is 1. The van der Waals surface area contributed by atoms with E-state index in [1.807, 2.05) is 23.9 Å². The van der Waals surface area contributed by atoms with Crippen LogP contribution in [0, 0.1) is 0 Å². The molecule has 0 radical (unpaired) electrons. The van der Waals surface area contributed by atoms with Crippen molar-refractivity contribution in [2.75, 3.05) is 0 Å². The van der Waals surface area contributed by atoms with Crippen LogP contribution >= 0.6 is 11.8 Å². The van der Waals surface area contributed by atoms with Gasteiger partial charge in [0, 0.05) is 22.6 Å². The molecule has 0 aromatic heterocycles. The van der Waals surface area contributed by atoms with Crippen molar-refractivity contribution in [1.29, 1.82) is 0 Å². The van der Waals surface area contributed by atoms with Gasteiger partial charge in [-0.1, -0.05) is 25.1 Å². The largest absolute Gasteiger partial charge is 0.481 e. The van der Waals surface area contributed by atoms with Gasteiger partial charge in [0.15, 0.2) is 0 Å². The number of rotatable bonds is 4. The van der Waals surface area contributed by atoms with Crippen LogP contribution in [0.2, 0.25) is 0 Å². The number of carboxylic acids is 1. The summed E-state index contributed by atoms with van der Waals surface area (Å²) in [6, 6.07) is 6.02. The molecule has 0 spiro atoms.